The predicted molar refractivity (Wildman–Crippen MR) is 111 cm³/mol. The van der Waals surface area contributed by atoms with Crippen molar-refractivity contribution in [2.75, 3.05) is 31.1 Å². The Morgan fingerprint density at radius 1 is 1.07 bits per heavy atom. The summed E-state index contributed by atoms with van der Waals surface area (Å²) in [4.78, 5) is 14.7. The Kier molecular flexibility index (Phi) is 6.36. The van der Waals surface area contributed by atoms with E-state index in [1.165, 1.54) is 9.87 Å². The smallest absolute Gasteiger partial charge is 0.243 e. The molecule has 1 amide bonds. The van der Waals surface area contributed by atoms with Gasteiger partial charge in [0.1, 0.15) is 0 Å². The fourth-order valence-electron chi connectivity index (χ4n) is 3.49. The third-order valence-electron chi connectivity index (χ3n) is 5.07. The Balaban J connectivity index is 1.56. The van der Waals surface area contributed by atoms with Crippen LogP contribution in [-0.4, -0.2) is 44.8 Å². The molecular weight excluding hydrogens is 374 g/mol. The first-order valence-corrected chi connectivity index (χ1v) is 11.1. The Morgan fingerprint density at radius 3 is 2.43 bits per heavy atom. The van der Waals surface area contributed by atoms with Gasteiger partial charge in [-0.1, -0.05) is 44.2 Å². The summed E-state index contributed by atoms with van der Waals surface area (Å²) in [5.41, 5.74) is 3.28. The van der Waals surface area contributed by atoms with Crippen LogP contribution in [0.1, 0.15) is 25.0 Å². The van der Waals surface area contributed by atoms with Gasteiger partial charge in [0.2, 0.25) is 15.9 Å². The second-order valence-electron chi connectivity index (χ2n) is 6.81. The quantitative estimate of drug-likeness (QED) is 0.737. The molecule has 2 aromatic rings. The third kappa shape index (κ3) is 4.36. The largest absolute Gasteiger partial charge is 0.362 e. The number of fused-ring (bicyclic) bond motifs is 1. The standard InChI is InChI=1S/C21H27N3O3S/c1-3-24(4-2)28(26,27)19-11-9-17(10-12-19)15-22-21(25)16-23-14-13-18-7-5-6-8-20(18)23/h5-12H,3-4,13-16H2,1-2H3,(H,22,25). The molecule has 0 spiro atoms. The first kappa shape index (κ1) is 20.4. The van der Waals surface area contributed by atoms with Crippen LogP contribution in [0.5, 0.6) is 0 Å². The molecule has 0 aliphatic carbocycles. The maximum absolute atomic E-state index is 12.5. The lowest BCUT2D eigenvalue weighted by Gasteiger charge is -2.19. The number of nitrogens with zero attached hydrogens (tertiary/aromatic N) is 2. The van der Waals surface area contributed by atoms with Crippen LogP contribution < -0.4 is 10.2 Å². The van der Waals surface area contributed by atoms with Gasteiger partial charge >= 0.3 is 0 Å². The molecule has 0 saturated carbocycles. The highest BCUT2D eigenvalue weighted by molar-refractivity contribution is 7.89. The van der Waals surface area contributed by atoms with Crippen molar-refractivity contribution in [3.8, 4) is 0 Å². The van der Waals surface area contributed by atoms with Gasteiger partial charge in [0.15, 0.2) is 0 Å². The summed E-state index contributed by atoms with van der Waals surface area (Å²) in [6.45, 7) is 6.08. The van der Waals surface area contributed by atoms with Crippen molar-refractivity contribution in [3.63, 3.8) is 0 Å². The molecule has 150 valence electrons. The summed E-state index contributed by atoms with van der Waals surface area (Å²) in [5.74, 6) is -0.0449. The van der Waals surface area contributed by atoms with E-state index in [-0.39, 0.29) is 10.8 Å². The van der Waals surface area contributed by atoms with Gasteiger partial charge in [0, 0.05) is 31.9 Å². The molecule has 1 aliphatic rings. The van der Waals surface area contributed by atoms with Crippen LogP contribution in [0.2, 0.25) is 0 Å². The lowest BCUT2D eigenvalue weighted by atomic mass is 10.2. The minimum absolute atomic E-state index is 0.0449. The van der Waals surface area contributed by atoms with Crippen LogP contribution >= 0.6 is 0 Å². The molecule has 28 heavy (non-hydrogen) atoms. The number of benzene rings is 2. The number of anilines is 1. The molecule has 0 radical (unpaired) electrons. The monoisotopic (exact) mass is 401 g/mol. The van der Waals surface area contributed by atoms with Crippen molar-refractivity contribution in [3.05, 3.63) is 59.7 Å². The van der Waals surface area contributed by atoms with Gasteiger partial charge in [0.25, 0.3) is 0 Å². The number of hydrogen-bond acceptors (Lipinski definition) is 4. The SMILES string of the molecule is CCN(CC)S(=O)(=O)c1ccc(CNC(=O)CN2CCc3ccccc32)cc1. The summed E-state index contributed by atoms with van der Waals surface area (Å²) in [7, 11) is -3.45. The zero-order valence-electron chi connectivity index (χ0n) is 16.4. The number of hydrogen-bond donors (Lipinski definition) is 1. The Labute approximate surface area is 167 Å². The average Bonchev–Trinajstić information content (AvgIpc) is 3.10. The van der Waals surface area contributed by atoms with Crippen molar-refractivity contribution >= 4 is 21.6 Å². The number of sulfonamides is 1. The summed E-state index contributed by atoms with van der Waals surface area (Å²) in [5, 5.41) is 2.92. The predicted octanol–water partition coefficient (Wildman–Crippen LogP) is 2.40. The van der Waals surface area contributed by atoms with E-state index in [4.69, 9.17) is 0 Å². The zero-order chi connectivity index (χ0) is 20.1. The van der Waals surface area contributed by atoms with Crippen LogP contribution in [0.25, 0.3) is 0 Å². The van der Waals surface area contributed by atoms with Crippen LogP contribution in [0, 0.1) is 0 Å². The van der Waals surface area contributed by atoms with Crippen LogP contribution in [0.4, 0.5) is 5.69 Å². The lowest BCUT2D eigenvalue weighted by molar-refractivity contribution is -0.119. The zero-order valence-corrected chi connectivity index (χ0v) is 17.2. The van der Waals surface area contributed by atoms with Crippen LogP contribution in [0.3, 0.4) is 0 Å². The molecule has 3 rings (SSSR count). The molecule has 6 nitrogen and oxygen atoms in total. The number of rotatable bonds is 8. The Bertz CT molecular complexity index is 922. The van der Waals surface area contributed by atoms with E-state index in [0.717, 1.165) is 24.2 Å². The first-order valence-electron chi connectivity index (χ1n) is 9.64. The van der Waals surface area contributed by atoms with E-state index in [1.54, 1.807) is 24.3 Å². The second kappa shape index (κ2) is 8.75. The maximum Gasteiger partial charge on any atom is 0.243 e. The van der Waals surface area contributed by atoms with Gasteiger partial charge in [-0.2, -0.15) is 4.31 Å². The summed E-state index contributed by atoms with van der Waals surface area (Å²) in [6.07, 6.45) is 0.964. The minimum atomic E-state index is -3.45. The van der Waals surface area contributed by atoms with E-state index >= 15 is 0 Å². The van der Waals surface area contributed by atoms with E-state index in [1.807, 2.05) is 32.0 Å². The van der Waals surface area contributed by atoms with Crippen LogP contribution in [0.15, 0.2) is 53.4 Å². The Hall–Kier alpha value is -2.38. The summed E-state index contributed by atoms with van der Waals surface area (Å²) in [6, 6.07) is 14.9. The number of nitrogens with one attached hydrogen (secondary N) is 1. The molecule has 1 heterocycles. The van der Waals surface area contributed by atoms with E-state index < -0.39 is 10.0 Å². The first-order chi connectivity index (χ1) is 13.5. The summed E-state index contributed by atoms with van der Waals surface area (Å²) >= 11 is 0. The molecule has 1 N–H and O–H groups in total. The molecule has 1 aliphatic heterocycles. The molecule has 0 fully saturated rings. The fraction of sp³-hybridized carbons (Fsp3) is 0.381. The van der Waals surface area contributed by atoms with Crippen molar-refractivity contribution in [2.45, 2.75) is 31.7 Å². The van der Waals surface area contributed by atoms with Gasteiger partial charge in [0.05, 0.1) is 11.4 Å². The molecule has 0 unspecified atom stereocenters. The highest BCUT2D eigenvalue weighted by Crippen LogP contribution is 2.26. The molecule has 2 aromatic carbocycles. The van der Waals surface area contributed by atoms with E-state index in [2.05, 4.69) is 16.3 Å². The number of amides is 1. The highest BCUT2D eigenvalue weighted by Gasteiger charge is 2.22. The van der Waals surface area contributed by atoms with Gasteiger partial charge in [-0.05, 0) is 35.7 Å². The van der Waals surface area contributed by atoms with Gasteiger partial charge in [-0.3, -0.25) is 4.79 Å². The molecular formula is C21H27N3O3S. The third-order valence-corrected chi connectivity index (χ3v) is 7.14. The fourth-order valence-corrected chi connectivity index (χ4v) is 4.95. The van der Waals surface area contributed by atoms with Crippen molar-refractivity contribution in [1.29, 1.82) is 0 Å². The normalized spacial score (nSPS) is 13.6. The van der Waals surface area contributed by atoms with Gasteiger partial charge in [-0.15, -0.1) is 0 Å². The molecule has 0 atom stereocenters. The van der Waals surface area contributed by atoms with Crippen molar-refractivity contribution in [2.24, 2.45) is 0 Å². The minimum Gasteiger partial charge on any atom is -0.362 e. The summed E-state index contributed by atoms with van der Waals surface area (Å²) < 4.78 is 26.5. The average molecular weight is 402 g/mol. The van der Waals surface area contributed by atoms with Gasteiger partial charge < -0.3 is 10.2 Å². The van der Waals surface area contributed by atoms with E-state index in [9.17, 15) is 13.2 Å². The van der Waals surface area contributed by atoms with Crippen molar-refractivity contribution < 1.29 is 13.2 Å². The number of para-hydroxylation sites is 1. The number of carbonyl (C=O) groups is 1. The number of carbonyl (C=O) groups excluding carboxylic acids is 1. The van der Waals surface area contributed by atoms with Crippen LogP contribution in [-0.2, 0) is 27.8 Å². The second-order valence-corrected chi connectivity index (χ2v) is 8.75. The molecule has 0 aromatic heterocycles. The molecule has 0 saturated heterocycles. The molecule has 0 bridgehead atoms. The van der Waals surface area contributed by atoms with Crippen molar-refractivity contribution in [1.82, 2.24) is 9.62 Å². The van der Waals surface area contributed by atoms with E-state index in [0.29, 0.717) is 26.2 Å². The maximum atomic E-state index is 12.5. The Morgan fingerprint density at radius 2 is 1.75 bits per heavy atom. The highest BCUT2D eigenvalue weighted by atomic mass is 32.2. The topological polar surface area (TPSA) is 69.7 Å². The van der Waals surface area contributed by atoms with Gasteiger partial charge in [-0.25, -0.2) is 8.42 Å². The molecule has 7 heteroatoms. The lowest BCUT2D eigenvalue weighted by Crippen LogP contribution is -2.36.